The molecule has 0 bridgehead atoms. The molecule has 6 nitrogen and oxygen atoms in total. The average molecular weight is 283 g/mol. The molecule has 102 valence electrons. The fourth-order valence-corrected chi connectivity index (χ4v) is 1.39. The highest BCUT2D eigenvalue weighted by molar-refractivity contribution is 5.85. The highest BCUT2D eigenvalue weighted by atomic mass is 35.5. The van der Waals surface area contributed by atoms with Crippen molar-refractivity contribution in [3.05, 3.63) is 42.0 Å². The van der Waals surface area contributed by atoms with Gasteiger partial charge in [0.1, 0.15) is 0 Å². The summed E-state index contributed by atoms with van der Waals surface area (Å²) >= 11 is 0. The van der Waals surface area contributed by atoms with Crippen LogP contribution in [0.4, 0.5) is 5.69 Å². The summed E-state index contributed by atoms with van der Waals surface area (Å²) in [6.07, 6.45) is 0. The van der Waals surface area contributed by atoms with Gasteiger partial charge in [0.15, 0.2) is 5.82 Å². The van der Waals surface area contributed by atoms with Crippen LogP contribution >= 0.6 is 12.4 Å². The number of para-hydroxylation sites is 1. The molecular formula is C12H15ClN4O2. The van der Waals surface area contributed by atoms with Crippen molar-refractivity contribution in [1.29, 1.82) is 0 Å². The van der Waals surface area contributed by atoms with Crippen LogP contribution in [-0.4, -0.2) is 22.6 Å². The van der Waals surface area contributed by atoms with Crippen molar-refractivity contribution >= 4 is 24.0 Å². The fourth-order valence-electron chi connectivity index (χ4n) is 1.39. The molecule has 0 aliphatic heterocycles. The summed E-state index contributed by atoms with van der Waals surface area (Å²) in [5.74, 6) is 0.837. The molecule has 0 aliphatic rings. The third kappa shape index (κ3) is 4.97. The van der Waals surface area contributed by atoms with E-state index < -0.39 is 0 Å². The van der Waals surface area contributed by atoms with Crippen molar-refractivity contribution in [3.63, 3.8) is 0 Å². The number of carbonyl (C=O) groups excluding carboxylic acids is 1. The van der Waals surface area contributed by atoms with E-state index in [1.54, 1.807) is 6.92 Å². The molecule has 0 fully saturated rings. The number of aromatic nitrogens is 2. The van der Waals surface area contributed by atoms with Gasteiger partial charge < -0.3 is 15.2 Å². The molecule has 1 amide bonds. The normalized spacial score (nSPS) is 9.53. The highest BCUT2D eigenvalue weighted by Gasteiger charge is 2.05. The van der Waals surface area contributed by atoms with Crippen LogP contribution in [-0.2, 0) is 11.3 Å². The zero-order valence-electron chi connectivity index (χ0n) is 10.4. The van der Waals surface area contributed by atoms with E-state index in [1.165, 1.54) is 0 Å². The van der Waals surface area contributed by atoms with E-state index in [0.717, 1.165) is 5.69 Å². The molecule has 2 N–H and O–H groups in total. The van der Waals surface area contributed by atoms with E-state index in [9.17, 15) is 4.79 Å². The largest absolute Gasteiger partial charge is 0.376 e. The van der Waals surface area contributed by atoms with Crippen molar-refractivity contribution in [2.75, 3.05) is 11.9 Å². The number of hydrogen-bond donors (Lipinski definition) is 2. The average Bonchev–Trinajstić information content (AvgIpc) is 2.81. The maximum atomic E-state index is 11.5. The van der Waals surface area contributed by atoms with E-state index in [-0.39, 0.29) is 31.4 Å². The minimum Gasteiger partial charge on any atom is -0.376 e. The SMILES string of the molecule is Cc1nc(CNC(=O)CNc2ccccc2)no1.Cl. The van der Waals surface area contributed by atoms with Crippen LogP contribution in [0, 0.1) is 6.92 Å². The number of halogens is 1. The monoisotopic (exact) mass is 282 g/mol. The number of aryl methyl sites for hydroxylation is 1. The van der Waals surface area contributed by atoms with Gasteiger partial charge in [0.25, 0.3) is 0 Å². The fraction of sp³-hybridized carbons (Fsp3) is 0.250. The van der Waals surface area contributed by atoms with Crippen molar-refractivity contribution < 1.29 is 9.32 Å². The number of rotatable bonds is 5. The molecule has 0 aliphatic carbocycles. The molecule has 0 radical (unpaired) electrons. The van der Waals surface area contributed by atoms with E-state index in [1.807, 2.05) is 30.3 Å². The van der Waals surface area contributed by atoms with Crippen LogP contribution in [0.25, 0.3) is 0 Å². The first kappa shape index (κ1) is 15.0. The van der Waals surface area contributed by atoms with Crippen molar-refractivity contribution in [1.82, 2.24) is 15.5 Å². The van der Waals surface area contributed by atoms with Gasteiger partial charge in [-0.2, -0.15) is 4.98 Å². The Hall–Kier alpha value is -2.08. The summed E-state index contributed by atoms with van der Waals surface area (Å²) in [5.41, 5.74) is 0.906. The summed E-state index contributed by atoms with van der Waals surface area (Å²) in [4.78, 5) is 15.5. The molecule has 2 aromatic rings. The number of amides is 1. The van der Waals surface area contributed by atoms with E-state index in [2.05, 4.69) is 20.8 Å². The Balaban J connectivity index is 0.00000180. The van der Waals surface area contributed by atoms with Crippen LogP contribution in [0.15, 0.2) is 34.9 Å². The Morgan fingerprint density at radius 2 is 2.05 bits per heavy atom. The number of benzene rings is 1. The third-order valence-corrected chi connectivity index (χ3v) is 2.24. The molecule has 1 heterocycles. The lowest BCUT2D eigenvalue weighted by atomic mass is 10.3. The second-order valence-corrected chi connectivity index (χ2v) is 3.73. The lowest BCUT2D eigenvalue weighted by Crippen LogP contribution is -2.29. The highest BCUT2D eigenvalue weighted by Crippen LogP contribution is 2.03. The number of nitrogens with zero attached hydrogens (tertiary/aromatic N) is 2. The number of anilines is 1. The molecule has 0 saturated carbocycles. The molecule has 19 heavy (non-hydrogen) atoms. The van der Waals surface area contributed by atoms with Crippen LogP contribution in [0.3, 0.4) is 0 Å². The first-order valence-electron chi connectivity index (χ1n) is 5.59. The van der Waals surface area contributed by atoms with Gasteiger partial charge in [-0.1, -0.05) is 23.4 Å². The summed E-state index contributed by atoms with van der Waals surface area (Å²) in [6, 6.07) is 9.53. The Bertz CT molecular complexity index is 515. The second-order valence-electron chi connectivity index (χ2n) is 3.73. The third-order valence-electron chi connectivity index (χ3n) is 2.24. The molecule has 0 atom stereocenters. The minimum atomic E-state index is -0.124. The van der Waals surface area contributed by atoms with Gasteiger partial charge in [-0.05, 0) is 12.1 Å². The van der Waals surface area contributed by atoms with Gasteiger partial charge >= 0.3 is 0 Å². The van der Waals surface area contributed by atoms with Crippen molar-refractivity contribution in [3.8, 4) is 0 Å². The number of hydrogen-bond acceptors (Lipinski definition) is 5. The van der Waals surface area contributed by atoms with Gasteiger partial charge in [0.05, 0.1) is 13.1 Å². The summed E-state index contributed by atoms with van der Waals surface area (Å²) in [7, 11) is 0. The molecule has 7 heteroatoms. The molecular weight excluding hydrogens is 268 g/mol. The molecule has 1 aromatic heterocycles. The van der Waals surface area contributed by atoms with E-state index in [0.29, 0.717) is 11.7 Å². The minimum absolute atomic E-state index is 0. The Labute approximate surface area is 117 Å². The van der Waals surface area contributed by atoms with Gasteiger partial charge in [-0.15, -0.1) is 12.4 Å². The summed E-state index contributed by atoms with van der Waals surface area (Å²) in [6.45, 7) is 2.18. The van der Waals surface area contributed by atoms with Crippen LogP contribution in [0.5, 0.6) is 0 Å². The second kappa shape index (κ2) is 7.38. The summed E-state index contributed by atoms with van der Waals surface area (Å²) < 4.78 is 4.80. The van der Waals surface area contributed by atoms with Crippen LogP contribution < -0.4 is 10.6 Å². The quantitative estimate of drug-likeness (QED) is 0.869. The number of carbonyl (C=O) groups is 1. The topological polar surface area (TPSA) is 80.0 Å². The lowest BCUT2D eigenvalue weighted by Gasteiger charge is -2.05. The lowest BCUT2D eigenvalue weighted by molar-refractivity contribution is -0.119. The molecule has 1 aromatic carbocycles. The zero-order chi connectivity index (χ0) is 12.8. The predicted octanol–water partition coefficient (Wildman–Crippen LogP) is 1.53. The Morgan fingerprint density at radius 3 is 2.68 bits per heavy atom. The molecule has 0 unspecified atom stereocenters. The molecule has 0 spiro atoms. The number of nitrogens with one attached hydrogen (secondary N) is 2. The maximum Gasteiger partial charge on any atom is 0.239 e. The van der Waals surface area contributed by atoms with Crippen molar-refractivity contribution in [2.45, 2.75) is 13.5 Å². The summed E-state index contributed by atoms with van der Waals surface area (Å²) in [5, 5.41) is 9.39. The standard InChI is InChI=1S/C12H14N4O2.ClH/c1-9-15-11(16-18-9)7-14-12(17)8-13-10-5-3-2-4-6-10;/h2-6,13H,7-8H2,1H3,(H,14,17);1H. The van der Waals surface area contributed by atoms with Crippen molar-refractivity contribution in [2.24, 2.45) is 0 Å². The van der Waals surface area contributed by atoms with Crippen LogP contribution in [0.2, 0.25) is 0 Å². The van der Waals surface area contributed by atoms with E-state index >= 15 is 0 Å². The zero-order valence-corrected chi connectivity index (χ0v) is 11.2. The van der Waals surface area contributed by atoms with Gasteiger partial charge in [0.2, 0.25) is 11.8 Å². The first-order valence-corrected chi connectivity index (χ1v) is 5.59. The first-order chi connectivity index (χ1) is 8.74. The predicted molar refractivity (Wildman–Crippen MR) is 73.1 cm³/mol. The molecule has 2 rings (SSSR count). The van der Waals surface area contributed by atoms with E-state index in [4.69, 9.17) is 4.52 Å². The van der Waals surface area contributed by atoms with Gasteiger partial charge in [-0.3, -0.25) is 4.79 Å². The van der Waals surface area contributed by atoms with Gasteiger partial charge in [0, 0.05) is 12.6 Å². The van der Waals surface area contributed by atoms with Crippen LogP contribution in [0.1, 0.15) is 11.7 Å². The Kier molecular flexibility index (Phi) is 5.81. The molecule has 0 saturated heterocycles. The Morgan fingerprint density at radius 1 is 1.32 bits per heavy atom. The maximum absolute atomic E-state index is 11.5. The van der Waals surface area contributed by atoms with Gasteiger partial charge in [-0.25, -0.2) is 0 Å². The smallest absolute Gasteiger partial charge is 0.239 e.